The minimum absolute atomic E-state index is 0.0246. The summed E-state index contributed by atoms with van der Waals surface area (Å²) in [5, 5.41) is 6.25. The first-order valence-electron chi connectivity index (χ1n) is 21.6. The maximum Gasteiger partial charge on any atom is 0.416 e. The van der Waals surface area contributed by atoms with Gasteiger partial charge in [-0.05, 0) is 93.1 Å². The average Bonchev–Trinajstić information content (AvgIpc) is 3.85. The van der Waals surface area contributed by atoms with Crippen molar-refractivity contribution in [1.82, 2.24) is 25.1 Å². The second-order valence-electron chi connectivity index (χ2n) is 17.2. The Balaban J connectivity index is 0.848. The largest absolute Gasteiger partial charge is 0.486 e. The number of anilines is 4. The number of hydrogen-bond acceptors (Lipinski definition) is 13. The lowest BCUT2D eigenvalue weighted by atomic mass is 9.95. The van der Waals surface area contributed by atoms with E-state index in [1.807, 2.05) is 18.2 Å². The number of rotatable bonds is 10. The van der Waals surface area contributed by atoms with Gasteiger partial charge in [0.1, 0.15) is 29.5 Å². The molecule has 3 aromatic carbocycles. The summed E-state index contributed by atoms with van der Waals surface area (Å²) in [5.41, 5.74) is 8.51. The molecule has 0 saturated carbocycles. The number of nitrogens with zero attached hydrogens (tertiary/aromatic N) is 6. The zero-order chi connectivity index (χ0) is 44.2. The molecule has 3 atom stereocenters. The number of aryl methyl sites for hydroxylation is 1. The summed E-state index contributed by atoms with van der Waals surface area (Å²) in [4.78, 5) is 68.3. The fourth-order valence-electron chi connectivity index (χ4n) is 9.44. The van der Waals surface area contributed by atoms with E-state index in [0.29, 0.717) is 53.0 Å². The Morgan fingerprint density at radius 3 is 2.38 bits per heavy atom. The average molecular weight is 870 g/mol. The highest BCUT2D eigenvalue weighted by Crippen LogP contribution is 2.39. The van der Waals surface area contributed by atoms with E-state index in [4.69, 9.17) is 20.2 Å². The van der Waals surface area contributed by atoms with E-state index in [1.54, 1.807) is 26.0 Å². The van der Waals surface area contributed by atoms with Gasteiger partial charge < -0.3 is 30.3 Å². The Morgan fingerprint density at radius 2 is 1.67 bits per heavy atom. The smallest absolute Gasteiger partial charge is 0.416 e. The van der Waals surface area contributed by atoms with Crippen LogP contribution in [0, 0.1) is 12.8 Å². The number of nitrogens with one attached hydrogen (secondary N) is 2. The maximum absolute atomic E-state index is 13.6. The molecule has 9 rings (SSSR count). The number of nitrogens with two attached hydrogens (primary N) is 1. The van der Waals surface area contributed by atoms with Crippen molar-refractivity contribution in [2.45, 2.75) is 70.3 Å². The standard InChI is InChI=1S/C45H50F3N9O6/c1-25(28-17-29(45(46,47)48)19-30(49)18-28)50-41-35-21-39(63-32-9-16-62-24-32)38(22-36(35)51-26(2)52-41)56-14-12-54(13-15-56)23-27-7-10-55(11-8-27)31-3-4-33-34(20-31)44(61)57(43(33)60)37-5-6-40(58)53-42(37)59/h3-4,17-22,25,27,32,37H,5-16,23-24,49H2,1-2H3,(H,50,51,52)(H,53,58,59)/t25-,32+,37?/m1/s1. The van der Waals surface area contributed by atoms with Crippen LogP contribution < -0.4 is 30.9 Å². The van der Waals surface area contributed by atoms with Crippen LogP contribution in [0.5, 0.6) is 5.75 Å². The molecular formula is C45H50F3N9O6. The minimum atomic E-state index is -4.54. The van der Waals surface area contributed by atoms with Gasteiger partial charge in [0, 0.05) is 75.4 Å². The number of alkyl halides is 3. The number of carbonyl (C=O) groups is 4. The molecular weight excluding hydrogens is 820 g/mol. The second-order valence-corrected chi connectivity index (χ2v) is 17.2. The molecule has 4 fully saturated rings. The summed E-state index contributed by atoms with van der Waals surface area (Å²) in [6.07, 6.45) is -1.79. The summed E-state index contributed by atoms with van der Waals surface area (Å²) in [6, 6.07) is 11.3. The summed E-state index contributed by atoms with van der Waals surface area (Å²) in [7, 11) is 0. The number of imide groups is 2. The Bertz CT molecular complexity index is 2460. The molecule has 5 aliphatic rings. The third kappa shape index (κ3) is 8.70. The third-order valence-corrected chi connectivity index (χ3v) is 12.9. The monoisotopic (exact) mass is 869 g/mol. The molecule has 332 valence electrons. The van der Waals surface area contributed by atoms with Crippen LogP contribution in [0.3, 0.4) is 0 Å². The third-order valence-electron chi connectivity index (χ3n) is 12.9. The number of nitrogen functional groups attached to an aromatic ring is 1. The van der Waals surface area contributed by atoms with Gasteiger partial charge in [-0.15, -0.1) is 0 Å². The molecule has 4 saturated heterocycles. The van der Waals surface area contributed by atoms with E-state index >= 15 is 0 Å². The molecule has 15 nitrogen and oxygen atoms in total. The molecule has 0 radical (unpaired) electrons. The fraction of sp³-hybridized carbons (Fsp3) is 0.467. The van der Waals surface area contributed by atoms with E-state index in [9.17, 15) is 32.3 Å². The molecule has 18 heteroatoms. The van der Waals surface area contributed by atoms with Crippen LogP contribution in [0.15, 0.2) is 48.5 Å². The number of piperazine rings is 1. The summed E-state index contributed by atoms with van der Waals surface area (Å²) in [5.74, 6) is 0.0973. The normalized spacial score (nSPS) is 21.9. The van der Waals surface area contributed by atoms with Crippen LogP contribution in [-0.4, -0.2) is 115 Å². The lowest BCUT2D eigenvalue weighted by Gasteiger charge is -2.40. The van der Waals surface area contributed by atoms with Crippen LogP contribution in [0.2, 0.25) is 0 Å². The van der Waals surface area contributed by atoms with Gasteiger partial charge in [-0.25, -0.2) is 9.97 Å². The lowest BCUT2D eigenvalue weighted by molar-refractivity contribution is -0.138. The van der Waals surface area contributed by atoms with Crippen molar-refractivity contribution in [2.24, 2.45) is 5.92 Å². The van der Waals surface area contributed by atoms with E-state index < -0.39 is 47.5 Å². The van der Waals surface area contributed by atoms with Crippen molar-refractivity contribution in [1.29, 1.82) is 0 Å². The molecule has 0 spiro atoms. The van der Waals surface area contributed by atoms with Gasteiger partial charge in [-0.2, -0.15) is 13.2 Å². The van der Waals surface area contributed by atoms with Crippen molar-refractivity contribution in [3.63, 3.8) is 0 Å². The first-order valence-corrected chi connectivity index (χ1v) is 21.6. The predicted octanol–water partition coefficient (Wildman–Crippen LogP) is 5.32. The van der Waals surface area contributed by atoms with Crippen LogP contribution in [0.1, 0.15) is 82.7 Å². The van der Waals surface area contributed by atoms with Gasteiger partial charge >= 0.3 is 6.18 Å². The minimum Gasteiger partial charge on any atom is -0.486 e. The zero-order valence-electron chi connectivity index (χ0n) is 35.2. The van der Waals surface area contributed by atoms with Gasteiger partial charge in [-0.3, -0.25) is 34.3 Å². The number of piperidine rings is 2. The first-order chi connectivity index (χ1) is 30.2. The molecule has 5 aliphatic heterocycles. The number of carbonyl (C=O) groups excluding carboxylic acids is 4. The summed E-state index contributed by atoms with van der Waals surface area (Å²) in [6.45, 7) is 10.4. The molecule has 6 heterocycles. The number of amides is 4. The maximum atomic E-state index is 13.6. The Hall–Kier alpha value is -6.01. The zero-order valence-corrected chi connectivity index (χ0v) is 35.2. The fourth-order valence-corrected chi connectivity index (χ4v) is 9.44. The quantitative estimate of drug-likeness (QED) is 0.138. The topological polar surface area (TPSA) is 176 Å². The molecule has 0 aliphatic carbocycles. The molecule has 1 aromatic heterocycles. The van der Waals surface area contributed by atoms with Crippen LogP contribution in [0.25, 0.3) is 10.9 Å². The van der Waals surface area contributed by atoms with Gasteiger partial charge in [0.2, 0.25) is 11.8 Å². The molecule has 1 unspecified atom stereocenters. The van der Waals surface area contributed by atoms with Crippen LogP contribution in [-0.2, 0) is 20.5 Å². The SMILES string of the molecule is Cc1nc(N[C@H](C)c2cc(N)cc(C(F)(F)F)c2)c2cc(O[C@H]3CCOC3)c(N3CCN(CC4CCN(c5ccc6c(c5)C(=O)N(C5CCC(=O)NC5=O)C6=O)CC4)CC3)cc2n1. The molecule has 4 amide bonds. The van der Waals surface area contributed by atoms with Crippen molar-refractivity contribution in [3.05, 3.63) is 76.6 Å². The van der Waals surface area contributed by atoms with Crippen LogP contribution in [0.4, 0.5) is 36.1 Å². The first kappa shape index (κ1) is 42.3. The van der Waals surface area contributed by atoms with Crippen LogP contribution >= 0.6 is 0 Å². The molecule has 4 aromatic rings. The Kier molecular flexibility index (Phi) is 11.4. The summed E-state index contributed by atoms with van der Waals surface area (Å²) >= 11 is 0. The number of ether oxygens (including phenoxy) is 2. The van der Waals surface area contributed by atoms with Gasteiger partial charge in [0.05, 0.1) is 47.2 Å². The number of hydrogen-bond donors (Lipinski definition) is 3. The van der Waals surface area contributed by atoms with Crippen molar-refractivity contribution in [3.8, 4) is 5.75 Å². The number of benzene rings is 3. The van der Waals surface area contributed by atoms with Gasteiger partial charge in [0.25, 0.3) is 11.8 Å². The van der Waals surface area contributed by atoms with E-state index in [-0.39, 0.29) is 35.8 Å². The number of halogens is 3. The Labute approximate surface area is 362 Å². The lowest BCUT2D eigenvalue weighted by Crippen LogP contribution is -2.54. The van der Waals surface area contributed by atoms with Crippen molar-refractivity contribution < 1.29 is 41.8 Å². The molecule has 0 bridgehead atoms. The number of fused-ring (bicyclic) bond motifs is 2. The van der Waals surface area contributed by atoms with E-state index in [1.165, 1.54) is 6.07 Å². The van der Waals surface area contributed by atoms with Crippen molar-refractivity contribution in [2.75, 3.05) is 79.9 Å². The highest BCUT2D eigenvalue weighted by molar-refractivity contribution is 6.23. The molecule has 4 N–H and O–H groups in total. The number of aromatic nitrogens is 2. The van der Waals surface area contributed by atoms with Gasteiger partial charge in [-0.1, -0.05) is 0 Å². The second kappa shape index (κ2) is 16.9. The summed E-state index contributed by atoms with van der Waals surface area (Å²) < 4.78 is 53.2. The van der Waals surface area contributed by atoms with Crippen molar-refractivity contribution >= 4 is 57.4 Å². The Morgan fingerprint density at radius 1 is 0.905 bits per heavy atom. The highest BCUT2D eigenvalue weighted by Gasteiger charge is 2.45. The highest BCUT2D eigenvalue weighted by atomic mass is 19.4. The predicted molar refractivity (Wildman–Crippen MR) is 229 cm³/mol. The van der Waals surface area contributed by atoms with E-state index in [0.717, 1.165) is 93.5 Å². The molecule has 63 heavy (non-hydrogen) atoms. The van der Waals surface area contributed by atoms with Gasteiger partial charge in [0.15, 0.2) is 0 Å². The van der Waals surface area contributed by atoms with E-state index in [2.05, 4.69) is 30.3 Å².